The molecule has 2 N–H and O–H groups in total. The number of pyridine rings is 1. The van der Waals surface area contributed by atoms with E-state index in [1.165, 1.54) is 35.0 Å². The summed E-state index contributed by atoms with van der Waals surface area (Å²) in [6.07, 6.45) is 0.304. The predicted molar refractivity (Wildman–Crippen MR) is 120 cm³/mol. The number of fused-ring (bicyclic) bond motifs is 1. The van der Waals surface area contributed by atoms with Crippen LogP contribution in [-0.2, 0) is 14.6 Å². The maximum atomic E-state index is 13.0. The third-order valence-corrected chi connectivity index (χ3v) is 6.32. The summed E-state index contributed by atoms with van der Waals surface area (Å²) in [4.78, 5) is 23.9. The second-order valence-electron chi connectivity index (χ2n) is 7.80. The Bertz CT molecular complexity index is 1600. The maximum absolute atomic E-state index is 13.0. The van der Waals surface area contributed by atoms with E-state index in [1.54, 1.807) is 26.1 Å². The number of esters is 1. The van der Waals surface area contributed by atoms with Crippen molar-refractivity contribution in [2.24, 2.45) is 0 Å². The van der Waals surface area contributed by atoms with Crippen molar-refractivity contribution in [2.75, 3.05) is 12.0 Å². The lowest BCUT2D eigenvalue weighted by molar-refractivity contribution is -0.189. The zero-order chi connectivity index (χ0) is 25.7. The molecule has 1 aromatic carbocycles. The van der Waals surface area contributed by atoms with Gasteiger partial charge in [-0.2, -0.15) is 18.2 Å². The van der Waals surface area contributed by atoms with Gasteiger partial charge in [-0.05, 0) is 43.2 Å². The SMILES string of the molecule is Cc1cnccc1-c1cn2c(-c3cc(S(C)(=O)=O)ccc3C)c(OC(=O)C(F)(F)F)nc2c(N)n1. The standard InChI is InChI=1S/C22H18F3N5O4S/c1-11-4-5-13(35(3,32)33)8-15(11)17-20(34-21(31)22(23,24)25)29-19-18(26)28-16(10-30(17)19)14-6-7-27-9-12(14)2/h4-10H,1-3H3,(H2,26,28). The van der Waals surface area contributed by atoms with Gasteiger partial charge in [0, 0.05) is 36.0 Å². The van der Waals surface area contributed by atoms with E-state index < -0.39 is 27.9 Å². The molecule has 0 radical (unpaired) electrons. The van der Waals surface area contributed by atoms with Crippen molar-refractivity contribution >= 4 is 27.3 Å². The van der Waals surface area contributed by atoms with Crippen LogP contribution in [0.25, 0.3) is 28.2 Å². The molecule has 0 aliphatic heterocycles. The van der Waals surface area contributed by atoms with Gasteiger partial charge in [-0.25, -0.2) is 18.2 Å². The molecule has 0 spiro atoms. The summed E-state index contributed by atoms with van der Waals surface area (Å²) in [7, 11) is -3.67. The second kappa shape index (κ2) is 8.34. The topological polar surface area (TPSA) is 130 Å². The highest BCUT2D eigenvalue weighted by Crippen LogP contribution is 2.37. The van der Waals surface area contributed by atoms with Crippen molar-refractivity contribution < 1.29 is 31.1 Å². The fourth-order valence-electron chi connectivity index (χ4n) is 3.49. The minimum absolute atomic E-state index is 0.0791. The van der Waals surface area contributed by atoms with E-state index in [1.807, 2.05) is 0 Å². The molecule has 0 amide bonds. The Kier molecular flexibility index (Phi) is 5.75. The molecule has 0 unspecified atom stereocenters. The first-order valence-electron chi connectivity index (χ1n) is 9.97. The lowest BCUT2D eigenvalue weighted by Gasteiger charge is -2.12. The van der Waals surface area contributed by atoms with Crippen LogP contribution in [0.4, 0.5) is 19.0 Å². The molecule has 3 aromatic heterocycles. The summed E-state index contributed by atoms with van der Waals surface area (Å²) < 4.78 is 69.3. The van der Waals surface area contributed by atoms with Gasteiger partial charge < -0.3 is 10.5 Å². The summed E-state index contributed by atoms with van der Waals surface area (Å²) in [6, 6.07) is 5.80. The molecule has 0 saturated carbocycles. The first-order valence-corrected chi connectivity index (χ1v) is 11.9. The zero-order valence-corrected chi connectivity index (χ0v) is 19.4. The minimum Gasteiger partial charge on any atom is -0.398 e. The Morgan fingerprint density at radius 3 is 2.43 bits per heavy atom. The number of nitrogens with two attached hydrogens (primary N) is 1. The van der Waals surface area contributed by atoms with E-state index in [2.05, 4.69) is 19.7 Å². The van der Waals surface area contributed by atoms with Crippen molar-refractivity contribution in [3.05, 3.63) is 54.0 Å². The van der Waals surface area contributed by atoms with Gasteiger partial charge in [0.2, 0.25) is 5.88 Å². The third kappa shape index (κ3) is 4.54. The Hall–Kier alpha value is -4.00. The van der Waals surface area contributed by atoms with E-state index in [-0.39, 0.29) is 27.6 Å². The molecule has 4 aromatic rings. The van der Waals surface area contributed by atoms with Gasteiger partial charge in [0.15, 0.2) is 21.3 Å². The lowest BCUT2D eigenvalue weighted by atomic mass is 10.1. The maximum Gasteiger partial charge on any atom is 0.491 e. The van der Waals surface area contributed by atoms with Crippen LogP contribution in [-0.4, -0.2) is 46.2 Å². The van der Waals surface area contributed by atoms with Crippen molar-refractivity contribution in [3.63, 3.8) is 0 Å². The van der Waals surface area contributed by atoms with E-state index in [4.69, 9.17) is 5.73 Å². The highest BCUT2D eigenvalue weighted by Gasteiger charge is 2.42. The summed E-state index contributed by atoms with van der Waals surface area (Å²) in [5.74, 6) is -3.33. The molecule has 0 fully saturated rings. The minimum atomic E-state index is -5.29. The second-order valence-corrected chi connectivity index (χ2v) is 9.81. The summed E-state index contributed by atoms with van der Waals surface area (Å²) in [6.45, 7) is 3.41. The molecule has 3 heterocycles. The number of rotatable bonds is 4. The van der Waals surface area contributed by atoms with Gasteiger partial charge in [0.1, 0.15) is 5.69 Å². The Morgan fingerprint density at radius 1 is 1.09 bits per heavy atom. The largest absolute Gasteiger partial charge is 0.491 e. The molecule has 0 atom stereocenters. The van der Waals surface area contributed by atoms with E-state index in [0.717, 1.165) is 11.8 Å². The van der Waals surface area contributed by atoms with Crippen molar-refractivity contribution in [1.29, 1.82) is 0 Å². The molecule has 35 heavy (non-hydrogen) atoms. The molecule has 13 heteroatoms. The monoisotopic (exact) mass is 505 g/mol. The molecule has 0 saturated heterocycles. The van der Waals surface area contributed by atoms with Gasteiger partial charge in [-0.3, -0.25) is 9.38 Å². The third-order valence-electron chi connectivity index (χ3n) is 5.21. The number of nitrogen functional groups attached to an aromatic ring is 1. The van der Waals surface area contributed by atoms with Crippen molar-refractivity contribution in [3.8, 4) is 28.4 Å². The van der Waals surface area contributed by atoms with Gasteiger partial charge in [-0.1, -0.05) is 6.07 Å². The van der Waals surface area contributed by atoms with Crippen molar-refractivity contribution in [1.82, 2.24) is 19.4 Å². The molecular weight excluding hydrogens is 487 g/mol. The number of carbonyl (C=O) groups is 1. The van der Waals surface area contributed by atoms with E-state index >= 15 is 0 Å². The Labute approximate surface area is 197 Å². The molecule has 9 nitrogen and oxygen atoms in total. The zero-order valence-electron chi connectivity index (χ0n) is 18.6. The number of hydrogen-bond acceptors (Lipinski definition) is 8. The molecular formula is C22H18F3N5O4S. The lowest BCUT2D eigenvalue weighted by Crippen LogP contribution is -2.28. The van der Waals surface area contributed by atoms with E-state index in [0.29, 0.717) is 16.8 Å². The molecule has 0 aliphatic carbocycles. The number of aromatic nitrogens is 4. The smallest absolute Gasteiger partial charge is 0.398 e. The van der Waals surface area contributed by atoms with Crippen LogP contribution in [0.5, 0.6) is 5.88 Å². The number of hydrogen-bond donors (Lipinski definition) is 1. The number of sulfone groups is 1. The van der Waals surface area contributed by atoms with Crippen LogP contribution in [0.15, 0.2) is 47.8 Å². The summed E-state index contributed by atoms with van der Waals surface area (Å²) >= 11 is 0. The first kappa shape index (κ1) is 24.1. The molecule has 0 bridgehead atoms. The Morgan fingerprint density at radius 2 is 1.80 bits per heavy atom. The number of alkyl halides is 3. The number of imidazole rings is 1. The number of benzene rings is 1. The number of nitrogens with zero attached hydrogens (tertiary/aromatic N) is 4. The fraction of sp³-hybridized carbons (Fsp3) is 0.182. The average Bonchev–Trinajstić information content (AvgIpc) is 3.11. The highest BCUT2D eigenvalue weighted by atomic mass is 32.2. The van der Waals surface area contributed by atoms with Crippen LogP contribution in [0, 0.1) is 13.8 Å². The van der Waals surface area contributed by atoms with Crippen LogP contribution in [0.1, 0.15) is 11.1 Å². The normalized spacial score (nSPS) is 12.2. The highest BCUT2D eigenvalue weighted by molar-refractivity contribution is 7.90. The first-order chi connectivity index (χ1) is 16.3. The Balaban J connectivity index is 2.07. The number of halogens is 3. The molecule has 0 aliphatic rings. The fourth-order valence-corrected chi connectivity index (χ4v) is 4.14. The molecule has 182 valence electrons. The van der Waals surface area contributed by atoms with Gasteiger partial charge in [0.05, 0.1) is 10.6 Å². The van der Waals surface area contributed by atoms with Crippen LogP contribution < -0.4 is 10.5 Å². The van der Waals surface area contributed by atoms with Crippen LogP contribution in [0.2, 0.25) is 0 Å². The van der Waals surface area contributed by atoms with Gasteiger partial charge >= 0.3 is 12.1 Å². The average molecular weight is 505 g/mol. The van der Waals surface area contributed by atoms with Gasteiger partial charge in [-0.15, -0.1) is 0 Å². The van der Waals surface area contributed by atoms with Crippen molar-refractivity contribution in [2.45, 2.75) is 24.9 Å². The summed E-state index contributed by atoms with van der Waals surface area (Å²) in [5, 5.41) is 0. The van der Waals surface area contributed by atoms with Gasteiger partial charge in [0.25, 0.3) is 0 Å². The van der Waals surface area contributed by atoms with Crippen LogP contribution >= 0.6 is 0 Å². The summed E-state index contributed by atoms with van der Waals surface area (Å²) in [5.41, 5.74) is 8.32. The number of ether oxygens (including phenoxy) is 1. The number of aryl methyl sites for hydroxylation is 2. The predicted octanol–water partition coefficient (Wildman–Crippen LogP) is 3.53. The molecule has 4 rings (SSSR count). The van der Waals surface area contributed by atoms with E-state index in [9.17, 15) is 26.4 Å². The van der Waals surface area contributed by atoms with Crippen LogP contribution in [0.3, 0.4) is 0 Å². The number of carbonyl (C=O) groups excluding carboxylic acids is 1. The quantitative estimate of drug-likeness (QED) is 0.417. The number of anilines is 1.